The molecule has 106 valence electrons. The van der Waals surface area contributed by atoms with E-state index in [4.69, 9.17) is 5.73 Å². The normalized spacial score (nSPS) is 14.0. The number of rotatable bonds is 5. The third-order valence-corrected chi connectivity index (χ3v) is 3.01. The van der Waals surface area contributed by atoms with Crippen LogP contribution >= 0.6 is 0 Å². The summed E-state index contributed by atoms with van der Waals surface area (Å²) in [5, 5.41) is 0. The van der Waals surface area contributed by atoms with Crippen LogP contribution in [0.5, 0.6) is 0 Å². The minimum atomic E-state index is -0.928. The van der Waals surface area contributed by atoms with Crippen LogP contribution in [0.3, 0.4) is 0 Å². The van der Waals surface area contributed by atoms with Gasteiger partial charge >= 0.3 is 0 Å². The van der Waals surface area contributed by atoms with Gasteiger partial charge in [-0.2, -0.15) is 0 Å². The van der Waals surface area contributed by atoms with Crippen LogP contribution in [0, 0.1) is 11.6 Å². The molecule has 0 saturated carbocycles. The lowest BCUT2D eigenvalue weighted by Crippen LogP contribution is -2.51. The molecule has 0 saturated heterocycles. The Kier molecular flexibility index (Phi) is 5.00. The van der Waals surface area contributed by atoms with E-state index in [1.54, 1.807) is 14.0 Å². The van der Waals surface area contributed by atoms with Crippen molar-refractivity contribution in [1.29, 1.82) is 0 Å². The molecule has 1 aromatic rings. The zero-order valence-electron chi connectivity index (χ0n) is 11.5. The molecular weight excluding hydrogens is 250 g/mol. The van der Waals surface area contributed by atoms with Gasteiger partial charge in [-0.3, -0.25) is 4.79 Å². The summed E-state index contributed by atoms with van der Waals surface area (Å²) in [5.41, 5.74) is 5.56. The lowest BCUT2D eigenvalue weighted by Gasteiger charge is -2.29. The summed E-state index contributed by atoms with van der Waals surface area (Å²) in [6.07, 6.45) is 1.38. The number of carbonyl (C=O) groups excluding carboxylic acids is 1. The number of hydrogen-bond donors (Lipinski definition) is 1. The predicted octanol–water partition coefficient (Wildman–Crippen LogP) is 2.44. The van der Waals surface area contributed by atoms with Crippen molar-refractivity contribution in [2.75, 3.05) is 7.05 Å². The van der Waals surface area contributed by atoms with Gasteiger partial charge in [0.05, 0.1) is 5.54 Å². The number of amides is 1. The molecule has 1 amide bonds. The molecule has 1 atom stereocenters. The fraction of sp³-hybridized carbons (Fsp3) is 0.500. The molecule has 0 aromatic heterocycles. The van der Waals surface area contributed by atoms with Crippen molar-refractivity contribution < 1.29 is 13.6 Å². The van der Waals surface area contributed by atoms with E-state index in [0.717, 1.165) is 18.6 Å². The Morgan fingerprint density at radius 2 is 2.00 bits per heavy atom. The van der Waals surface area contributed by atoms with E-state index in [0.29, 0.717) is 12.0 Å². The van der Waals surface area contributed by atoms with Crippen molar-refractivity contribution in [3.8, 4) is 0 Å². The van der Waals surface area contributed by atoms with Gasteiger partial charge in [-0.25, -0.2) is 8.78 Å². The number of nitrogens with two attached hydrogens (primary N) is 1. The fourth-order valence-electron chi connectivity index (χ4n) is 2.05. The molecule has 0 aliphatic heterocycles. The summed E-state index contributed by atoms with van der Waals surface area (Å²) in [7, 11) is 1.60. The van der Waals surface area contributed by atoms with Crippen molar-refractivity contribution in [2.24, 2.45) is 5.73 Å². The quantitative estimate of drug-likeness (QED) is 0.893. The van der Waals surface area contributed by atoms with E-state index in [9.17, 15) is 13.6 Å². The highest BCUT2D eigenvalue weighted by Crippen LogP contribution is 2.15. The highest BCUT2D eigenvalue weighted by molar-refractivity contribution is 5.85. The summed E-state index contributed by atoms with van der Waals surface area (Å²) in [4.78, 5) is 13.6. The maximum atomic E-state index is 13.1. The predicted molar refractivity (Wildman–Crippen MR) is 70.3 cm³/mol. The Labute approximate surface area is 112 Å². The van der Waals surface area contributed by atoms with Crippen molar-refractivity contribution in [3.63, 3.8) is 0 Å². The molecule has 0 radical (unpaired) electrons. The van der Waals surface area contributed by atoms with Gasteiger partial charge in [-0.15, -0.1) is 0 Å². The van der Waals surface area contributed by atoms with Crippen LogP contribution < -0.4 is 5.73 Å². The van der Waals surface area contributed by atoms with Crippen LogP contribution in [0.4, 0.5) is 8.78 Å². The van der Waals surface area contributed by atoms with Crippen molar-refractivity contribution in [3.05, 3.63) is 35.4 Å². The molecule has 3 nitrogen and oxygen atoms in total. The number of hydrogen-bond acceptors (Lipinski definition) is 2. The Balaban J connectivity index is 2.76. The second kappa shape index (κ2) is 6.10. The third-order valence-electron chi connectivity index (χ3n) is 3.01. The highest BCUT2D eigenvalue weighted by atomic mass is 19.2. The van der Waals surface area contributed by atoms with Crippen LogP contribution in [0.2, 0.25) is 0 Å². The first-order chi connectivity index (χ1) is 8.77. The van der Waals surface area contributed by atoms with Gasteiger partial charge in [0.15, 0.2) is 11.6 Å². The number of carbonyl (C=O) groups is 1. The maximum absolute atomic E-state index is 13.1. The number of likely N-dealkylation sites (N-methyl/N-ethyl adjacent to an activating group) is 1. The Bertz CT molecular complexity index is 461. The molecule has 1 rings (SSSR count). The van der Waals surface area contributed by atoms with Gasteiger partial charge in [0.25, 0.3) is 0 Å². The minimum Gasteiger partial charge on any atom is -0.340 e. The van der Waals surface area contributed by atoms with E-state index in [2.05, 4.69) is 0 Å². The first kappa shape index (κ1) is 15.6. The van der Waals surface area contributed by atoms with Gasteiger partial charge in [0.1, 0.15) is 0 Å². The van der Waals surface area contributed by atoms with Crippen molar-refractivity contribution in [2.45, 2.75) is 38.8 Å². The van der Waals surface area contributed by atoms with Gasteiger partial charge < -0.3 is 10.6 Å². The number of benzene rings is 1. The van der Waals surface area contributed by atoms with Crippen molar-refractivity contribution >= 4 is 5.91 Å². The molecular formula is C14H20F2N2O. The lowest BCUT2D eigenvalue weighted by molar-refractivity contribution is -0.135. The van der Waals surface area contributed by atoms with Gasteiger partial charge in [-0.1, -0.05) is 19.4 Å². The molecule has 0 bridgehead atoms. The summed E-state index contributed by atoms with van der Waals surface area (Å²) in [6, 6.07) is 3.60. The van der Waals surface area contributed by atoms with Gasteiger partial charge in [0.2, 0.25) is 5.91 Å². The standard InChI is InChI=1S/C14H20F2N2O/c1-4-7-14(2,17)13(19)18(3)9-10-5-6-11(15)12(16)8-10/h5-6,8H,4,7,9,17H2,1-3H3. The molecule has 1 aromatic carbocycles. The van der Waals surface area contributed by atoms with Crippen LogP contribution in [-0.2, 0) is 11.3 Å². The molecule has 0 heterocycles. The molecule has 0 spiro atoms. The first-order valence-electron chi connectivity index (χ1n) is 6.26. The molecule has 5 heteroatoms. The molecule has 0 fully saturated rings. The first-order valence-corrected chi connectivity index (χ1v) is 6.26. The molecule has 0 aliphatic rings. The highest BCUT2D eigenvalue weighted by Gasteiger charge is 2.30. The van der Waals surface area contributed by atoms with E-state index in [1.165, 1.54) is 11.0 Å². The van der Waals surface area contributed by atoms with Crippen LogP contribution in [0.25, 0.3) is 0 Å². The molecule has 0 aliphatic carbocycles. The van der Waals surface area contributed by atoms with E-state index in [1.807, 2.05) is 6.92 Å². The average molecular weight is 270 g/mol. The molecule has 1 unspecified atom stereocenters. The maximum Gasteiger partial charge on any atom is 0.242 e. The van der Waals surface area contributed by atoms with Crippen LogP contribution in [0.15, 0.2) is 18.2 Å². The molecule has 19 heavy (non-hydrogen) atoms. The summed E-state index contributed by atoms with van der Waals surface area (Å²) >= 11 is 0. The monoisotopic (exact) mass is 270 g/mol. The zero-order valence-corrected chi connectivity index (χ0v) is 11.5. The minimum absolute atomic E-state index is 0.201. The summed E-state index contributed by atoms with van der Waals surface area (Å²) in [6.45, 7) is 3.83. The van der Waals surface area contributed by atoms with Crippen LogP contribution in [-0.4, -0.2) is 23.4 Å². The largest absolute Gasteiger partial charge is 0.340 e. The summed E-state index contributed by atoms with van der Waals surface area (Å²) in [5.74, 6) is -2.02. The average Bonchev–Trinajstić information content (AvgIpc) is 2.32. The Morgan fingerprint density at radius 1 is 1.37 bits per heavy atom. The Morgan fingerprint density at radius 3 is 2.53 bits per heavy atom. The topological polar surface area (TPSA) is 46.3 Å². The van der Waals surface area contributed by atoms with E-state index < -0.39 is 17.2 Å². The fourth-order valence-corrected chi connectivity index (χ4v) is 2.05. The van der Waals surface area contributed by atoms with Crippen molar-refractivity contribution in [1.82, 2.24) is 4.90 Å². The third kappa shape index (κ3) is 3.99. The van der Waals surface area contributed by atoms with Crippen LogP contribution in [0.1, 0.15) is 32.3 Å². The summed E-state index contributed by atoms with van der Waals surface area (Å²) < 4.78 is 25.9. The second-order valence-electron chi connectivity index (χ2n) is 5.08. The number of halogens is 2. The SMILES string of the molecule is CCCC(C)(N)C(=O)N(C)Cc1ccc(F)c(F)c1. The zero-order chi connectivity index (χ0) is 14.6. The molecule has 2 N–H and O–H groups in total. The lowest BCUT2D eigenvalue weighted by atomic mass is 9.96. The van der Waals surface area contributed by atoms with E-state index >= 15 is 0 Å². The second-order valence-corrected chi connectivity index (χ2v) is 5.08. The van der Waals surface area contributed by atoms with Gasteiger partial charge in [0, 0.05) is 13.6 Å². The van der Waals surface area contributed by atoms with Gasteiger partial charge in [-0.05, 0) is 31.0 Å². The Hall–Kier alpha value is -1.49. The smallest absolute Gasteiger partial charge is 0.242 e. The number of nitrogens with zero attached hydrogens (tertiary/aromatic N) is 1. The van der Waals surface area contributed by atoms with E-state index in [-0.39, 0.29) is 12.5 Å².